The molecule has 0 aliphatic carbocycles. The summed E-state index contributed by atoms with van der Waals surface area (Å²) >= 11 is 0. The molecule has 0 saturated carbocycles. The molecule has 106 valence electrons. The molecule has 6 heteroatoms. The molecule has 4 nitrogen and oxygen atoms in total. The smallest absolute Gasteiger partial charge is 0.238 e. The van der Waals surface area contributed by atoms with E-state index in [4.69, 9.17) is 5.11 Å². The third-order valence-electron chi connectivity index (χ3n) is 2.53. The number of aliphatic hydroxyl groups excluding tert-OH is 1. The van der Waals surface area contributed by atoms with Gasteiger partial charge in [-0.15, -0.1) is 0 Å². The fraction of sp³-hybridized carbons (Fsp3) is 0.462. The maximum Gasteiger partial charge on any atom is 0.238 e. The molecule has 0 heterocycles. The number of aliphatic hydroxyl groups is 1. The second kappa shape index (κ2) is 7.16. The van der Waals surface area contributed by atoms with Gasteiger partial charge < -0.3 is 15.7 Å². The highest BCUT2D eigenvalue weighted by Crippen LogP contribution is 2.17. The van der Waals surface area contributed by atoms with Crippen LogP contribution in [0.3, 0.4) is 0 Å². The molecule has 19 heavy (non-hydrogen) atoms. The van der Waals surface area contributed by atoms with Crippen LogP contribution in [0.15, 0.2) is 18.2 Å². The number of carbonyl (C=O) groups is 1. The molecule has 1 aromatic rings. The van der Waals surface area contributed by atoms with Gasteiger partial charge in [-0.1, -0.05) is 6.07 Å². The highest BCUT2D eigenvalue weighted by atomic mass is 19.1. The summed E-state index contributed by atoms with van der Waals surface area (Å²) in [6, 6.07) is 3.30. The van der Waals surface area contributed by atoms with Gasteiger partial charge in [0.1, 0.15) is 17.3 Å². The van der Waals surface area contributed by atoms with E-state index >= 15 is 0 Å². The van der Waals surface area contributed by atoms with Gasteiger partial charge in [0, 0.05) is 6.04 Å². The maximum atomic E-state index is 13.3. The van der Waals surface area contributed by atoms with Gasteiger partial charge in [-0.05, 0) is 32.4 Å². The lowest BCUT2D eigenvalue weighted by Gasteiger charge is -2.15. The third kappa shape index (κ3) is 5.32. The second-order valence-corrected chi connectivity index (χ2v) is 4.51. The Bertz CT molecular complexity index is 418. The highest BCUT2D eigenvalue weighted by Gasteiger charge is 2.13. The van der Waals surface area contributed by atoms with E-state index in [2.05, 4.69) is 10.6 Å². The molecule has 0 spiro atoms. The Morgan fingerprint density at radius 1 is 1.32 bits per heavy atom. The summed E-state index contributed by atoms with van der Waals surface area (Å²) in [5, 5.41) is 14.2. The first-order valence-corrected chi connectivity index (χ1v) is 6.05. The Morgan fingerprint density at radius 2 is 1.89 bits per heavy atom. The molecule has 0 radical (unpaired) electrons. The summed E-state index contributed by atoms with van der Waals surface area (Å²) in [5.74, 6) is -2.17. The number of para-hydroxylation sites is 1. The van der Waals surface area contributed by atoms with E-state index in [0.29, 0.717) is 6.42 Å². The SMILES string of the molecule is CC(O)CC(C)NCC(=O)Nc1c(F)cccc1F. The number of benzene rings is 1. The van der Waals surface area contributed by atoms with Crippen molar-refractivity contribution in [3.8, 4) is 0 Å². The molecule has 2 atom stereocenters. The summed E-state index contributed by atoms with van der Waals surface area (Å²) in [4.78, 5) is 11.5. The van der Waals surface area contributed by atoms with E-state index in [-0.39, 0.29) is 12.6 Å². The van der Waals surface area contributed by atoms with Gasteiger partial charge in [0.2, 0.25) is 5.91 Å². The van der Waals surface area contributed by atoms with E-state index in [9.17, 15) is 13.6 Å². The average Bonchev–Trinajstić information content (AvgIpc) is 2.30. The minimum atomic E-state index is -0.814. The molecular weight excluding hydrogens is 254 g/mol. The molecule has 1 aromatic carbocycles. The van der Waals surface area contributed by atoms with Crippen LogP contribution in [-0.2, 0) is 4.79 Å². The summed E-state index contributed by atoms with van der Waals surface area (Å²) in [7, 11) is 0. The molecule has 0 bridgehead atoms. The van der Waals surface area contributed by atoms with Crippen LogP contribution in [-0.4, -0.2) is 29.7 Å². The fourth-order valence-electron chi connectivity index (χ4n) is 1.66. The average molecular weight is 272 g/mol. The van der Waals surface area contributed by atoms with E-state index < -0.39 is 29.3 Å². The number of nitrogens with one attached hydrogen (secondary N) is 2. The minimum absolute atomic E-state index is 0.0729. The first kappa shape index (κ1) is 15.5. The summed E-state index contributed by atoms with van der Waals surface area (Å²) in [6.45, 7) is 3.37. The number of hydrogen-bond donors (Lipinski definition) is 3. The zero-order chi connectivity index (χ0) is 14.4. The molecule has 0 aromatic heterocycles. The highest BCUT2D eigenvalue weighted by molar-refractivity contribution is 5.92. The van der Waals surface area contributed by atoms with E-state index in [0.717, 1.165) is 12.1 Å². The number of carbonyl (C=O) groups excluding carboxylic acids is 1. The van der Waals surface area contributed by atoms with E-state index in [1.807, 2.05) is 6.92 Å². The van der Waals surface area contributed by atoms with Crippen LogP contribution in [0, 0.1) is 11.6 Å². The van der Waals surface area contributed by atoms with Crippen molar-refractivity contribution < 1.29 is 18.7 Å². The minimum Gasteiger partial charge on any atom is -0.393 e. The predicted molar refractivity (Wildman–Crippen MR) is 68.8 cm³/mol. The first-order chi connectivity index (χ1) is 8.90. The zero-order valence-corrected chi connectivity index (χ0v) is 10.9. The quantitative estimate of drug-likeness (QED) is 0.738. The standard InChI is InChI=1S/C13H18F2N2O2/c1-8(6-9(2)18)16-7-12(19)17-13-10(14)4-3-5-11(13)15/h3-5,8-9,16,18H,6-7H2,1-2H3,(H,17,19). The molecule has 3 N–H and O–H groups in total. The monoisotopic (exact) mass is 272 g/mol. The third-order valence-corrected chi connectivity index (χ3v) is 2.53. The lowest BCUT2D eigenvalue weighted by Crippen LogP contribution is -2.36. The first-order valence-electron chi connectivity index (χ1n) is 6.05. The number of halogens is 2. The van der Waals surface area contributed by atoms with Crippen molar-refractivity contribution in [1.82, 2.24) is 5.32 Å². The summed E-state index contributed by atoms with van der Waals surface area (Å²) in [5.41, 5.74) is -0.447. The van der Waals surface area contributed by atoms with E-state index in [1.165, 1.54) is 6.07 Å². The van der Waals surface area contributed by atoms with Crippen molar-refractivity contribution >= 4 is 11.6 Å². The van der Waals surface area contributed by atoms with Crippen molar-refractivity contribution in [1.29, 1.82) is 0 Å². The van der Waals surface area contributed by atoms with Gasteiger partial charge in [0.25, 0.3) is 0 Å². The normalized spacial score (nSPS) is 13.9. The Balaban J connectivity index is 2.48. The lowest BCUT2D eigenvalue weighted by molar-refractivity contribution is -0.115. The number of hydrogen-bond acceptors (Lipinski definition) is 3. The predicted octanol–water partition coefficient (Wildman–Crippen LogP) is 1.65. The zero-order valence-electron chi connectivity index (χ0n) is 10.9. The molecule has 1 rings (SSSR count). The lowest BCUT2D eigenvalue weighted by atomic mass is 10.1. The van der Waals surface area contributed by atoms with Crippen LogP contribution in [0.4, 0.5) is 14.5 Å². The van der Waals surface area contributed by atoms with Crippen LogP contribution >= 0.6 is 0 Å². The number of anilines is 1. The molecule has 0 aliphatic heterocycles. The fourth-order valence-corrected chi connectivity index (χ4v) is 1.66. The van der Waals surface area contributed by atoms with Crippen molar-refractivity contribution in [3.63, 3.8) is 0 Å². The molecule has 2 unspecified atom stereocenters. The number of amides is 1. The summed E-state index contributed by atoms with van der Waals surface area (Å²) in [6.07, 6.45) is 0.0102. The van der Waals surface area contributed by atoms with Gasteiger partial charge in [-0.25, -0.2) is 8.78 Å². The number of rotatable bonds is 6. The van der Waals surface area contributed by atoms with Crippen LogP contribution in [0.2, 0.25) is 0 Å². The van der Waals surface area contributed by atoms with Gasteiger partial charge in [0.05, 0.1) is 12.6 Å². The Labute approximate surface area is 110 Å². The van der Waals surface area contributed by atoms with Gasteiger partial charge in [-0.2, -0.15) is 0 Å². The molecule has 0 fully saturated rings. The molecule has 1 amide bonds. The van der Waals surface area contributed by atoms with Crippen molar-refractivity contribution in [2.24, 2.45) is 0 Å². The van der Waals surface area contributed by atoms with Gasteiger partial charge in [-0.3, -0.25) is 4.79 Å². The summed E-state index contributed by atoms with van der Waals surface area (Å²) < 4.78 is 26.5. The Morgan fingerprint density at radius 3 is 2.42 bits per heavy atom. The Kier molecular flexibility index (Phi) is 5.85. The van der Waals surface area contributed by atoms with Crippen LogP contribution in [0.1, 0.15) is 20.3 Å². The molecule has 0 saturated heterocycles. The molecule has 0 aliphatic rings. The van der Waals surface area contributed by atoms with Gasteiger partial charge >= 0.3 is 0 Å². The van der Waals surface area contributed by atoms with Crippen molar-refractivity contribution in [2.45, 2.75) is 32.4 Å². The molecular formula is C13H18F2N2O2. The maximum absolute atomic E-state index is 13.3. The van der Waals surface area contributed by atoms with Crippen molar-refractivity contribution in [3.05, 3.63) is 29.8 Å². The van der Waals surface area contributed by atoms with Crippen molar-refractivity contribution in [2.75, 3.05) is 11.9 Å². The second-order valence-electron chi connectivity index (χ2n) is 4.51. The van der Waals surface area contributed by atoms with Crippen LogP contribution < -0.4 is 10.6 Å². The van der Waals surface area contributed by atoms with Gasteiger partial charge in [0.15, 0.2) is 0 Å². The van der Waals surface area contributed by atoms with Crippen LogP contribution in [0.25, 0.3) is 0 Å². The topological polar surface area (TPSA) is 61.4 Å². The van der Waals surface area contributed by atoms with E-state index in [1.54, 1.807) is 6.92 Å². The Hall–Kier alpha value is -1.53. The van der Waals surface area contributed by atoms with Crippen LogP contribution in [0.5, 0.6) is 0 Å². The largest absolute Gasteiger partial charge is 0.393 e.